The van der Waals surface area contributed by atoms with E-state index >= 15 is 0 Å². The smallest absolute Gasteiger partial charge is 0.347 e. The maximum atomic E-state index is 12.9. The molecule has 8 atom stereocenters. The van der Waals surface area contributed by atoms with Crippen molar-refractivity contribution in [2.75, 3.05) is 6.61 Å². The summed E-state index contributed by atoms with van der Waals surface area (Å²) < 4.78 is 11.7. The van der Waals surface area contributed by atoms with E-state index < -0.39 is 0 Å². The normalized spacial score (nSPS) is 39.1. The van der Waals surface area contributed by atoms with Gasteiger partial charge in [0.15, 0.2) is 0 Å². The third-order valence-corrected chi connectivity index (χ3v) is 9.25. The molecule has 156 valence electrons. The summed E-state index contributed by atoms with van der Waals surface area (Å²) in [7, 11) is 1.61. The van der Waals surface area contributed by atoms with Crippen LogP contribution in [0, 0.1) is 35.0 Å². The van der Waals surface area contributed by atoms with E-state index in [0.29, 0.717) is 36.2 Å². The van der Waals surface area contributed by atoms with Crippen LogP contribution < -0.4 is 11.4 Å². The van der Waals surface area contributed by atoms with Crippen molar-refractivity contribution in [3.05, 3.63) is 92.8 Å². The predicted octanol–water partition coefficient (Wildman–Crippen LogP) is 2.37. The third-order valence-electron chi connectivity index (χ3n) is 9.25. The summed E-state index contributed by atoms with van der Waals surface area (Å²) in [5, 5.41) is 0. The van der Waals surface area contributed by atoms with Crippen molar-refractivity contribution in [3.63, 3.8) is 0 Å². The molecule has 0 unspecified atom stereocenters. The average molecular weight is 413 g/mol. The molecule has 6 heteroatoms. The van der Waals surface area contributed by atoms with Crippen molar-refractivity contribution < 1.29 is 4.74 Å². The van der Waals surface area contributed by atoms with Crippen LogP contribution in [0.4, 0.5) is 0 Å². The Kier molecular flexibility index (Phi) is 2.78. The van der Waals surface area contributed by atoms with Gasteiger partial charge in [-0.15, -0.1) is 0 Å². The van der Waals surface area contributed by atoms with Crippen LogP contribution in [-0.2, 0) is 11.8 Å². The van der Waals surface area contributed by atoms with Crippen LogP contribution in [0.1, 0.15) is 29.3 Å². The Bertz CT molecular complexity index is 1320. The fourth-order valence-corrected chi connectivity index (χ4v) is 8.33. The molecule has 0 spiro atoms. The number of nitrogens with zero attached hydrogens (tertiary/aromatic N) is 3. The van der Waals surface area contributed by atoms with Gasteiger partial charge in [0.2, 0.25) is 0 Å². The van der Waals surface area contributed by atoms with Crippen LogP contribution in [0.2, 0.25) is 0 Å². The zero-order valence-electron chi connectivity index (χ0n) is 17.2. The van der Waals surface area contributed by atoms with Crippen molar-refractivity contribution in [1.29, 1.82) is 0 Å². The molecule has 0 N–H and O–H groups in total. The predicted molar refractivity (Wildman–Crippen MR) is 113 cm³/mol. The second-order valence-corrected chi connectivity index (χ2v) is 10.2. The molecule has 6 nitrogen and oxygen atoms in total. The quantitative estimate of drug-likeness (QED) is 0.645. The molecule has 2 aliphatic heterocycles. The lowest BCUT2D eigenvalue weighted by atomic mass is 9.79. The molecular formula is C25H23N3O3. The average Bonchev–Trinajstić information content (AvgIpc) is 3.61. The van der Waals surface area contributed by atoms with Gasteiger partial charge < -0.3 is 4.74 Å². The molecule has 6 aliphatic rings. The van der Waals surface area contributed by atoms with Crippen LogP contribution in [0.25, 0.3) is 0 Å². The first-order valence-corrected chi connectivity index (χ1v) is 11.3. The highest BCUT2D eigenvalue weighted by Crippen LogP contribution is 2.97. The summed E-state index contributed by atoms with van der Waals surface area (Å²) in [6.45, 7) is 0.646. The van der Waals surface area contributed by atoms with Crippen LogP contribution in [-0.4, -0.2) is 20.5 Å². The number of rotatable bonds is 5. The van der Waals surface area contributed by atoms with Gasteiger partial charge in [0.1, 0.15) is 6.10 Å². The summed E-state index contributed by atoms with van der Waals surface area (Å²) in [5.74, 6) is 2.97. The first-order valence-electron chi connectivity index (χ1n) is 11.3. The first kappa shape index (κ1) is 16.8. The number of hydrogen-bond acceptors (Lipinski definition) is 3. The minimum absolute atomic E-state index is 0.0220. The van der Waals surface area contributed by atoms with E-state index in [1.54, 1.807) is 7.05 Å². The standard InChI is InChI=1S/C25H23N3O3/c1-26-23(29)27-20-16-15-17(16)22(28(27)24(26)30)25(18(15)19(20)25)12-31-21(13-8-4-2-5-9-13)14-10-6-3-7-11-14/h2-11,15-22H,12H2,1H3/t15-,16-,17-,18+,19-,20-,22-,25-/m0/s1. The molecule has 4 aliphatic carbocycles. The third kappa shape index (κ3) is 1.68. The second kappa shape index (κ2) is 5.13. The molecule has 9 rings (SSSR count). The van der Waals surface area contributed by atoms with E-state index in [4.69, 9.17) is 4.74 Å². The summed E-state index contributed by atoms with van der Waals surface area (Å²) in [5.41, 5.74) is 2.02. The van der Waals surface area contributed by atoms with Gasteiger partial charge in [0.25, 0.3) is 0 Å². The molecule has 3 aromatic rings. The molecule has 4 saturated carbocycles. The zero-order valence-corrected chi connectivity index (χ0v) is 17.2. The molecule has 1 aromatic heterocycles. The van der Waals surface area contributed by atoms with E-state index in [1.165, 1.54) is 4.57 Å². The van der Waals surface area contributed by atoms with Gasteiger partial charge in [-0.1, -0.05) is 60.7 Å². The van der Waals surface area contributed by atoms with Crippen molar-refractivity contribution in [2.24, 2.45) is 42.1 Å². The minimum Gasteiger partial charge on any atom is -0.368 e. The summed E-state index contributed by atoms with van der Waals surface area (Å²) in [6, 6.07) is 21.1. The molecule has 31 heavy (non-hydrogen) atoms. The number of benzene rings is 2. The SMILES string of the molecule is Cn1c(=O)n2n(c1=O)[C@H]1[C@@H]3[C@@H]4[C@@H]3[C@@H]3[C@@H]([C@H]42)[C@]31COC(c1ccccc1)c1ccccc1. The van der Waals surface area contributed by atoms with E-state index in [1.807, 2.05) is 21.5 Å². The lowest BCUT2D eigenvalue weighted by molar-refractivity contribution is -0.0312. The Morgan fingerprint density at radius 2 is 1.45 bits per heavy atom. The molecule has 0 radical (unpaired) electrons. The van der Waals surface area contributed by atoms with Gasteiger partial charge in [-0.05, 0) is 40.7 Å². The Hall–Kier alpha value is -2.86. The monoisotopic (exact) mass is 413 g/mol. The molecule has 2 aromatic carbocycles. The fourth-order valence-electron chi connectivity index (χ4n) is 8.33. The summed E-state index contributed by atoms with van der Waals surface area (Å²) in [4.78, 5) is 25.7. The van der Waals surface area contributed by atoms with Crippen LogP contribution in [0.3, 0.4) is 0 Å². The molecule has 0 amide bonds. The minimum atomic E-state index is -0.155. The highest BCUT2D eigenvalue weighted by Gasteiger charge is 2.97. The zero-order chi connectivity index (χ0) is 20.6. The van der Waals surface area contributed by atoms with Crippen molar-refractivity contribution in [3.8, 4) is 0 Å². The Labute approximate surface area is 178 Å². The topological polar surface area (TPSA) is 58.2 Å². The van der Waals surface area contributed by atoms with E-state index in [9.17, 15) is 9.59 Å². The van der Waals surface area contributed by atoms with Gasteiger partial charge in [0.05, 0.1) is 18.7 Å². The van der Waals surface area contributed by atoms with E-state index in [-0.39, 0.29) is 35.0 Å². The number of ether oxygens (including phenoxy) is 1. The number of hydrogen-bond donors (Lipinski definition) is 0. The van der Waals surface area contributed by atoms with Crippen LogP contribution in [0.15, 0.2) is 70.3 Å². The van der Waals surface area contributed by atoms with Crippen LogP contribution in [0.5, 0.6) is 0 Å². The lowest BCUT2D eigenvalue weighted by Gasteiger charge is -2.43. The molecular weight excluding hydrogens is 390 g/mol. The van der Waals surface area contributed by atoms with Crippen molar-refractivity contribution in [2.45, 2.75) is 18.2 Å². The molecule has 3 heterocycles. The van der Waals surface area contributed by atoms with Gasteiger partial charge in [0, 0.05) is 12.5 Å². The van der Waals surface area contributed by atoms with Gasteiger partial charge in [-0.3, -0.25) is 0 Å². The van der Waals surface area contributed by atoms with Gasteiger partial charge in [-0.2, -0.15) is 0 Å². The lowest BCUT2D eigenvalue weighted by Crippen LogP contribution is -2.50. The fraction of sp³-hybridized carbons (Fsp3) is 0.440. The molecule has 4 fully saturated rings. The molecule has 0 saturated heterocycles. The maximum absolute atomic E-state index is 12.9. The Morgan fingerprint density at radius 3 is 2.10 bits per heavy atom. The highest BCUT2D eigenvalue weighted by atomic mass is 16.5. The maximum Gasteiger partial charge on any atom is 0.347 e. The second-order valence-electron chi connectivity index (χ2n) is 10.2. The van der Waals surface area contributed by atoms with Gasteiger partial charge >= 0.3 is 11.4 Å². The van der Waals surface area contributed by atoms with Gasteiger partial charge in [-0.25, -0.2) is 23.5 Å². The summed E-state index contributed by atoms with van der Waals surface area (Å²) >= 11 is 0. The van der Waals surface area contributed by atoms with Crippen LogP contribution >= 0.6 is 0 Å². The number of aromatic nitrogens is 3. The molecule has 2 bridgehead atoms. The summed E-state index contributed by atoms with van der Waals surface area (Å²) in [6.07, 6.45) is -0.126. The van der Waals surface area contributed by atoms with Crippen molar-refractivity contribution in [1.82, 2.24) is 13.9 Å². The first-order chi connectivity index (χ1) is 15.2. The van der Waals surface area contributed by atoms with E-state index in [0.717, 1.165) is 11.1 Å². The highest BCUT2D eigenvalue weighted by molar-refractivity contribution is 5.43. The Balaban J connectivity index is 1.19. The van der Waals surface area contributed by atoms with E-state index in [2.05, 4.69) is 48.5 Å². The largest absolute Gasteiger partial charge is 0.368 e. The Morgan fingerprint density at radius 1 is 0.839 bits per heavy atom. The van der Waals surface area contributed by atoms with Crippen molar-refractivity contribution >= 4 is 0 Å².